The topological polar surface area (TPSA) is 66.4 Å². The Hall–Kier alpha value is -1.36. The molecule has 1 aromatic rings. The Morgan fingerprint density at radius 1 is 1.44 bits per heavy atom. The van der Waals surface area contributed by atoms with Crippen LogP contribution in [0.2, 0.25) is 0 Å². The highest BCUT2D eigenvalue weighted by Gasteiger charge is 2.19. The van der Waals surface area contributed by atoms with Gasteiger partial charge in [-0.2, -0.15) is 0 Å². The Balaban J connectivity index is 2.54. The van der Waals surface area contributed by atoms with Gasteiger partial charge in [-0.15, -0.1) is 11.3 Å². The van der Waals surface area contributed by atoms with Gasteiger partial charge in [0.2, 0.25) is 0 Å². The van der Waals surface area contributed by atoms with Crippen LogP contribution >= 0.6 is 11.3 Å². The van der Waals surface area contributed by atoms with Gasteiger partial charge in [-0.05, 0) is 24.8 Å². The molecule has 0 aliphatic carbocycles. The summed E-state index contributed by atoms with van der Waals surface area (Å²) in [5, 5.41) is 13.4. The van der Waals surface area contributed by atoms with E-state index in [1.54, 1.807) is 5.38 Å². The third-order valence-corrected chi connectivity index (χ3v) is 3.63. The van der Waals surface area contributed by atoms with Gasteiger partial charge < -0.3 is 10.4 Å². The summed E-state index contributed by atoms with van der Waals surface area (Å²) in [6, 6.07) is 1.54. The molecule has 2 N–H and O–H groups in total. The molecule has 1 atom stereocenters. The number of rotatable bonds is 7. The summed E-state index contributed by atoms with van der Waals surface area (Å²) in [7, 11) is 0. The van der Waals surface area contributed by atoms with Gasteiger partial charge in [0.1, 0.15) is 4.88 Å². The maximum Gasteiger partial charge on any atom is 0.337 e. The number of carboxylic acid groups (broad SMARTS) is 1. The quantitative estimate of drug-likeness (QED) is 0.747. The molecule has 0 fully saturated rings. The highest BCUT2D eigenvalue weighted by atomic mass is 32.1. The van der Waals surface area contributed by atoms with Crippen LogP contribution in [0.3, 0.4) is 0 Å². The van der Waals surface area contributed by atoms with Gasteiger partial charge in [-0.1, -0.05) is 26.2 Å². The second-order valence-corrected chi connectivity index (χ2v) is 5.25. The first-order valence-electron chi connectivity index (χ1n) is 6.18. The van der Waals surface area contributed by atoms with Crippen LogP contribution in [0.5, 0.6) is 0 Å². The molecule has 100 valence electrons. The first-order valence-corrected chi connectivity index (χ1v) is 7.05. The van der Waals surface area contributed by atoms with Gasteiger partial charge in [0.05, 0.1) is 5.56 Å². The minimum absolute atomic E-state index is 0.0767. The maximum absolute atomic E-state index is 11.9. The molecule has 18 heavy (non-hydrogen) atoms. The first-order chi connectivity index (χ1) is 8.56. The van der Waals surface area contributed by atoms with Crippen LogP contribution in [0.1, 0.15) is 59.6 Å². The van der Waals surface area contributed by atoms with E-state index in [-0.39, 0.29) is 22.4 Å². The highest BCUT2D eigenvalue weighted by molar-refractivity contribution is 7.12. The van der Waals surface area contributed by atoms with Crippen molar-refractivity contribution >= 4 is 23.2 Å². The summed E-state index contributed by atoms with van der Waals surface area (Å²) in [5.74, 6) is -1.34. The Morgan fingerprint density at radius 2 is 2.17 bits per heavy atom. The molecular weight excluding hydrogens is 250 g/mol. The lowest BCUT2D eigenvalue weighted by atomic mass is 10.1. The van der Waals surface area contributed by atoms with Crippen molar-refractivity contribution in [1.29, 1.82) is 0 Å². The van der Waals surface area contributed by atoms with E-state index in [1.165, 1.54) is 6.07 Å². The van der Waals surface area contributed by atoms with E-state index in [9.17, 15) is 9.59 Å². The number of carbonyl (C=O) groups is 2. The van der Waals surface area contributed by atoms with Crippen molar-refractivity contribution in [3.8, 4) is 0 Å². The van der Waals surface area contributed by atoms with Gasteiger partial charge in [-0.3, -0.25) is 4.79 Å². The van der Waals surface area contributed by atoms with E-state index >= 15 is 0 Å². The fourth-order valence-corrected chi connectivity index (χ4v) is 2.50. The molecule has 0 saturated heterocycles. The summed E-state index contributed by atoms with van der Waals surface area (Å²) in [4.78, 5) is 23.1. The summed E-state index contributed by atoms with van der Waals surface area (Å²) in [6.07, 6.45) is 4.30. The average molecular weight is 269 g/mol. The zero-order chi connectivity index (χ0) is 13.5. The molecule has 0 aliphatic rings. The number of nitrogens with one attached hydrogen (secondary N) is 1. The lowest BCUT2D eigenvalue weighted by molar-refractivity contribution is 0.0691. The molecule has 5 heteroatoms. The van der Waals surface area contributed by atoms with Gasteiger partial charge in [0.15, 0.2) is 0 Å². The summed E-state index contributed by atoms with van der Waals surface area (Å²) in [6.45, 7) is 4.08. The summed E-state index contributed by atoms with van der Waals surface area (Å²) in [5.41, 5.74) is 0.0817. The molecule has 0 aromatic carbocycles. The molecule has 0 aliphatic heterocycles. The minimum atomic E-state index is -1.06. The maximum atomic E-state index is 11.9. The SMILES string of the molecule is CCCCCC(C)NC(=O)c1sccc1C(=O)O. The molecule has 1 unspecified atom stereocenters. The van der Waals surface area contributed by atoms with Crippen LogP contribution in [0.4, 0.5) is 0 Å². The zero-order valence-electron chi connectivity index (χ0n) is 10.7. The Morgan fingerprint density at radius 3 is 2.78 bits per heavy atom. The van der Waals surface area contributed by atoms with E-state index < -0.39 is 5.97 Å². The molecular formula is C13H19NO3S. The van der Waals surface area contributed by atoms with Gasteiger partial charge in [0, 0.05) is 6.04 Å². The smallest absolute Gasteiger partial charge is 0.337 e. The van der Waals surface area contributed by atoms with Gasteiger partial charge >= 0.3 is 5.97 Å². The van der Waals surface area contributed by atoms with Crippen LogP contribution in [0, 0.1) is 0 Å². The van der Waals surface area contributed by atoms with Crippen molar-refractivity contribution in [2.45, 2.75) is 45.6 Å². The van der Waals surface area contributed by atoms with Crippen molar-refractivity contribution in [3.05, 3.63) is 21.9 Å². The normalized spacial score (nSPS) is 12.1. The monoisotopic (exact) mass is 269 g/mol. The predicted octanol–water partition coefficient (Wildman–Crippen LogP) is 3.14. The third-order valence-electron chi connectivity index (χ3n) is 2.72. The second-order valence-electron chi connectivity index (χ2n) is 4.34. The van der Waals surface area contributed by atoms with Gasteiger partial charge in [-0.25, -0.2) is 4.79 Å². The number of amides is 1. The fraction of sp³-hybridized carbons (Fsp3) is 0.538. The van der Waals surface area contributed by atoms with Crippen LogP contribution in [0.25, 0.3) is 0 Å². The molecule has 1 amide bonds. The summed E-state index contributed by atoms with van der Waals surface area (Å²) < 4.78 is 0. The molecule has 1 rings (SSSR count). The molecule has 0 bridgehead atoms. The van der Waals surface area contributed by atoms with Crippen molar-refractivity contribution in [2.75, 3.05) is 0 Å². The largest absolute Gasteiger partial charge is 0.478 e. The number of hydrogen-bond donors (Lipinski definition) is 2. The number of unbranched alkanes of at least 4 members (excludes halogenated alkanes) is 2. The molecule has 0 radical (unpaired) electrons. The molecule has 4 nitrogen and oxygen atoms in total. The van der Waals surface area contributed by atoms with Gasteiger partial charge in [0.25, 0.3) is 5.91 Å². The number of aromatic carboxylic acids is 1. The average Bonchev–Trinajstić information content (AvgIpc) is 2.78. The van der Waals surface area contributed by atoms with Crippen molar-refractivity contribution in [1.82, 2.24) is 5.32 Å². The number of hydrogen-bond acceptors (Lipinski definition) is 3. The van der Waals surface area contributed by atoms with E-state index in [1.807, 2.05) is 6.92 Å². The van der Waals surface area contributed by atoms with E-state index in [0.29, 0.717) is 0 Å². The molecule has 0 saturated carbocycles. The summed E-state index contributed by atoms with van der Waals surface area (Å²) >= 11 is 1.16. The predicted molar refractivity (Wildman–Crippen MR) is 72.3 cm³/mol. The highest BCUT2D eigenvalue weighted by Crippen LogP contribution is 2.17. The minimum Gasteiger partial charge on any atom is -0.478 e. The zero-order valence-corrected chi connectivity index (χ0v) is 11.5. The Bertz CT molecular complexity index is 414. The van der Waals surface area contributed by atoms with Crippen molar-refractivity contribution in [2.24, 2.45) is 0 Å². The second kappa shape index (κ2) is 7.16. The standard InChI is InChI=1S/C13H19NO3S/c1-3-4-5-6-9(2)14-12(15)11-10(13(16)17)7-8-18-11/h7-9H,3-6H2,1-2H3,(H,14,15)(H,16,17). The number of carboxylic acids is 1. The van der Waals surface area contributed by atoms with Crippen LogP contribution < -0.4 is 5.32 Å². The third kappa shape index (κ3) is 4.14. The van der Waals surface area contributed by atoms with E-state index in [2.05, 4.69) is 12.2 Å². The Kier molecular flexibility index (Phi) is 5.85. The van der Waals surface area contributed by atoms with Crippen molar-refractivity contribution < 1.29 is 14.7 Å². The lowest BCUT2D eigenvalue weighted by Gasteiger charge is -2.13. The van der Waals surface area contributed by atoms with Crippen molar-refractivity contribution in [3.63, 3.8) is 0 Å². The Labute approximate surface area is 111 Å². The van der Waals surface area contributed by atoms with E-state index in [4.69, 9.17) is 5.11 Å². The molecule has 1 heterocycles. The number of thiophene rings is 1. The van der Waals surface area contributed by atoms with Crippen LogP contribution in [0.15, 0.2) is 11.4 Å². The van der Waals surface area contributed by atoms with Crippen LogP contribution in [-0.2, 0) is 0 Å². The lowest BCUT2D eigenvalue weighted by Crippen LogP contribution is -2.32. The molecule has 0 spiro atoms. The van der Waals surface area contributed by atoms with E-state index in [0.717, 1.165) is 37.0 Å². The fourth-order valence-electron chi connectivity index (χ4n) is 1.72. The number of carbonyl (C=O) groups excluding carboxylic acids is 1. The van der Waals surface area contributed by atoms with Crippen LogP contribution in [-0.4, -0.2) is 23.0 Å². The first kappa shape index (κ1) is 14.7. The molecule has 1 aromatic heterocycles.